The SMILES string of the molecule is NCCCCCCNC(CC(=O)O)C(=O)O. The van der Waals surface area contributed by atoms with Crippen LogP contribution >= 0.6 is 0 Å². The highest BCUT2D eigenvalue weighted by Crippen LogP contribution is 1.99. The fourth-order valence-corrected chi connectivity index (χ4v) is 1.32. The van der Waals surface area contributed by atoms with E-state index < -0.39 is 24.4 Å². The van der Waals surface area contributed by atoms with Crippen molar-refractivity contribution in [2.45, 2.75) is 38.1 Å². The second kappa shape index (κ2) is 9.11. The fourth-order valence-electron chi connectivity index (χ4n) is 1.32. The second-order valence-electron chi connectivity index (χ2n) is 3.65. The summed E-state index contributed by atoms with van der Waals surface area (Å²) in [5.41, 5.74) is 5.33. The van der Waals surface area contributed by atoms with Gasteiger partial charge in [0.15, 0.2) is 0 Å². The van der Waals surface area contributed by atoms with Gasteiger partial charge in [0, 0.05) is 0 Å². The Kier molecular flexibility index (Phi) is 8.46. The highest BCUT2D eigenvalue weighted by Gasteiger charge is 2.19. The molecule has 94 valence electrons. The summed E-state index contributed by atoms with van der Waals surface area (Å²) in [5, 5.41) is 19.9. The number of nitrogens with two attached hydrogens (primary N) is 1. The number of rotatable bonds is 10. The van der Waals surface area contributed by atoms with E-state index in [4.69, 9.17) is 15.9 Å². The molecule has 0 aliphatic carbocycles. The van der Waals surface area contributed by atoms with Crippen LogP contribution in [0, 0.1) is 0 Å². The van der Waals surface area contributed by atoms with Crippen LogP contribution < -0.4 is 11.1 Å². The molecule has 0 aliphatic heterocycles. The highest BCUT2D eigenvalue weighted by atomic mass is 16.4. The van der Waals surface area contributed by atoms with E-state index in [0.29, 0.717) is 13.1 Å². The van der Waals surface area contributed by atoms with Gasteiger partial charge in [0.2, 0.25) is 0 Å². The highest BCUT2D eigenvalue weighted by molar-refractivity contribution is 5.80. The number of aliphatic carboxylic acids is 2. The van der Waals surface area contributed by atoms with Crippen LogP contribution in [0.15, 0.2) is 0 Å². The van der Waals surface area contributed by atoms with Gasteiger partial charge in [-0.25, -0.2) is 0 Å². The van der Waals surface area contributed by atoms with Crippen molar-refractivity contribution in [3.05, 3.63) is 0 Å². The molecule has 16 heavy (non-hydrogen) atoms. The molecule has 0 radical (unpaired) electrons. The van der Waals surface area contributed by atoms with Crippen LogP contribution in [0.2, 0.25) is 0 Å². The fraction of sp³-hybridized carbons (Fsp3) is 0.800. The van der Waals surface area contributed by atoms with Gasteiger partial charge < -0.3 is 21.3 Å². The number of carboxylic acid groups (broad SMARTS) is 2. The van der Waals surface area contributed by atoms with Gasteiger partial charge in [0.1, 0.15) is 6.04 Å². The predicted molar refractivity (Wildman–Crippen MR) is 59.2 cm³/mol. The number of carboxylic acids is 2. The Morgan fingerprint density at radius 2 is 1.75 bits per heavy atom. The van der Waals surface area contributed by atoms with Gasteiger partial charge in [-0.1, -0.05) is 12.8 Å². The molecule has 0 aliphatic rings. The van der Waals surface area contributed by atoms with E-state index in [1.165, 1.54) is 0 Å². The summed E-state index contributed by atoms with van der Waals surface area (Å²) in [5.74, 6) is -2.23. The molecule has 0 amide bonds. The Morgan fingerprint density at radius 1 is 1.12 bits per heavy atom. The zero-order valence-electron chi connectivity index (χ0n) is 9.32. The van der Waals surface area contributed by atoms with Gasteiger partial charge in [0.05, 0.1) is 6.42 Å². The van der Waals surface area contributed by atoms with E-state index in [1.807, 2.05) is 0 Å². The van der Waals surface area contributed by atoms with E-state index in [9.17, 15) is 9.59 Å². The zero-order valence-corrected chi connectivity index (χ0v) is 9.32. The molecular formula is C10H20N2O4. The Balaban J connectivity index is 3.60. The van der Waals surface area contributed by atoms with E-state index in [-0.39, 0.29) is 0 Å². The van der Waals surface area contributed by atoms with Gasteiger partial charge in [-0.3, -0.25) is 9.59 Å². The van der Waals surface area contributed by atoms with E-state index in [0.717, 1.165) is 25.7 Å². The zero-order chi connectivity index (χ0) is 12.4. The maximum Gasteiger partial charge on any atom is 0.321 e. The van der Waals surface area contributed by atoms with Crippen molar-refractivity contribution < 1.29 is 19.8 Å². The average molecular weight is 232 g/mol. The normalized spacial score (nSPS) is 12.3. The summed E-state index contributed by atoms with van der Waals surface area (Å²) >= 11 is 0. The molecule has 1 unspecified atom stereocenters. The summed E-state index contributed by atoms with van der Waals surface area (Å²) in [7, 11) is 0. The number of hydrogen-bond acceptors (Lipinski definition) is 4. The van der Waals surface area contributed by atoms with Crippen molar-refractivity contribution >= 4 is 11.9 Å². The molecule has 0 heterocycles. The molecule has 0 rings (SSSR count). The lowest BCUT2D eigenvalue weighted by Gasteiger charge is -2.11. The lowest BCUT2D eigenvalue weighted by atomic mass is 10.1. The third-order valence-corrected chi connectivity index (χ3v) is 2.20. The number of unbranched alkanes of at least 4 members (excludes halogenated alkanes) is 3. The smallest absolute Gasteiger partial charge is 0.321 e. The topological polar surface area (TPSA) is 113 Å². The van der Waals surface area contributed by atoms with Crippen molar-refractivity contribution in [1.82, 2.24) is 5.32 Å². The Labute approximate surface area is 94.8 Å². The van der Waals surface area contributed by atoms with E-state index >= 15 is 0 Å². The van der Waals surface area contributed by atoms with Gasteiger partial charge in [-0.15, -0.1) is 0 Å². The molecule has 6 heteroatoms. The minimum Gasteiger partial charge on any atom is -0.481 e. The molecule has 0 aromatic heterocycles. The minimum absolute atomic E-state index is 0.391. The monoisotopic (exact) mass is 232 g/mol. The van der Waals surface area contributed by atoms with Crippen LogP contribution in [0.3, 0.4) is 0 Å². The molecule has 0 aromatic carbocycles. The van der Waals surface area contributed by atoms with E-state index in [1.54, 1.807) is 0 Å². The molecule has 0 fully saturated rings. The summed E-state index contributed by atoms with van der Waals surface area (Å²) in [6, 6.07) is -0.994. The van der Waals surface area contributed by atoms with Gasteiger partial charge in [0.25, 0.3) is 0 Å². The van der Waals surface area contributed by atoms with Gasteiger partial charge in [-0.05, 0) is 25.9 Å². The summed E-state index contributed by atoms with van der Waals surface area (Å²) in [6.07, 6.45) is 3.41. The molecule has 6 nitrogen and oxygen atoms in total. The lowest BCUT2D eigenvalue weighted by Crippen LogP contribution is -2.39. The van der Waals surface area contributed by atoms with Gasteiger partial charge in [-0.2, -0.15) is 0 Å². The van der Waals surface area contributed by atoms with Crippen molar-refractivity contribution in [3.63, 3.8) is 0 Å². The molecule has 0 spiro atoms. The molecule has 0 bridgehead atoms. The Bertz CT molecular complexity index is 221. The van der Waals surface area contributed by atoms with Crippen LogP contribution in [0.4, 0.5) is 0 Å². The first-order valence-electron chi connectivity index (χ1n) is 5.46. The first-order chi connectivity index (χ1) is 7.57. The van der Waals surface area contributed by atoms with Crippen molar-refractivity contribution in [2.75, 3.05) is 13.1 Å². The maximum atomic E-state index is 10.7. The van der Waals surface area contributed by atoms with Crippen molar-refractivity contribution in [2.24, 2.45) is 5.73 Å². The molecule has 0 saturated carbocycles. The summed E-state index contributed by atoms with van der Waals surface area (Å²) in [6.45, 7) is 1.19. The van der Waals surface area contributed by atoms with Crippen molar-refractivity contribution in [1.29, 1.82) is 0 Å². The Morgan fingerprint density at radius 3 is 2.25 bits per heavy atom. The number of hydrogen-bond donors (Lipinski definition) is 4. The maximum absolute atomic E-state index is 10.7. The first-order valence-corrected chi connectivity index (χ1v) is 5.46. The first kappa shape index (κ1) is 14.9. The largest absolute Gasteiger partial charge is 0.481 e. The third-order valence-electron chi connectivity index (χ3n) is 2.20. The molecule has 0 saturated heterocycles. The summed E-state index contributed by atoms with van der Waals surface area (Å²) in [4.78, 5) is 21.0. The van der Waals surface area contributed by atoms with Crippen LogP contribution in [0.1, 0.15) is 32.1 Å². The van der Waals surface area contributed by atoms with Crippen LogP contribution in [-0.4, -0.2) is 41.3 Å². The molecule has 5 N–H and O–H groups in total. The number of nitrogens with one attached hydrogen (secondary N) is 1. The van der Waals surface area contributed by atoms with Crippen LogP contribution in [-0.2, 0) is 9.59 Å². The van der Waals surface area contributed by atoms with Crippen molar-refractivity contribution in [3.8, 4) is 0 Å². The standard InChI is InChI=1S/C10H20N2O4/c11-5-3-1-2-4-6-12-8(10(15)16)7-9(13)14/h8,12H,1-7,11H2,(H,13,14)(H,15,16). The quantitative estimate of drug-likeness (QED) is 0.395. The summed E-state index contributed by atoms with van der Waals surface area (Å²) < 4.78 is 0. The molecule has 0 aromatic rings. The third kappa shape index (κ3) is 8.19. The number of carbonyl (C=O) groups is 2. The molecule has 1 atom stereocenters. The molecular weight excluding hydrogens is 212 g/mol. The average Bonchev–Trinajstić information content (AvgIpc) is 2.20. The van der Waals surface area contributed by atoms with Crippen LogP contribution in [0.5, 0.6) is 0 Å². The Hall–Kier alpha value is -1.14. The lowest BCUT2D eigenvalue weighted by molar-refractivity contribution is -0.145. The predicted octanol–water partition coefficient (Wildman–Crippen LogP) is 0.0230. The van der Waals surface area contributed by atoms with Crippen LogP contribution in [0.25, 0.3) is 0 Å². The second-order valence-corrected chi connectivity index (χ2v) is 3.65. The van der Waals surface area contributed by atoms with E-state index in [2.05, 4.69) is 5.32 Å². The minimum atomic E-state index is -1.12. The van der Waals surface area contributed by atoms with Gasteiger partial charge >= 0.3 is 11.9 Å².